The zero-order valence-electron chi connectivity index (χ0n) is 13.0. The summed E-state index contributed by atoms with van der Waals surface area (Å²) in [6.45, 7) is 3.87. The molecule has 0 aromatic heterocycles. The highest BCUT2D eigenvalue weighted by atomic mass is 16.3. The van der Waals surface area contributed by atoms with Crippen molar-refractivity contribution in [2.45, 2.75) is 58.0 Å². The van der Waals surface area contributed by atoms with Gasteiger partial charge in [-0.1, -0.05) is 13.3 Å². The largest absolute Gasteiger partial charge is 0.393 e. The zero-order chi connectivity index (χ0) is 15.2. The molecule has 0 radical (unpaired) electrons. The van der Waals surface area contributed by atoms with Crippen molar-refractivity contribution in [2.24, 2.45) is 11.8 Å². The van der Waals surface area contributed by atoms with Gasteiger partial charge < -0.3 is 15.3 Å². The Labute approximate surface area is 127 Å². The SMILES string of the molecule is CCC(=O)N1CCCC(C(=O)NCC2CCCC(O)C2)C1. The molecule has 2 aliphatic rings. The minimum Gasteiger partial charge on any atom is -0.393 e. The molecule has 5 nitrogen and oxygen atoms in total. The van der Waals surface area contributed by atoms with Crippen LogP contribution in [0.2, 0.25) is 0 Å². The van der Waals surface area contributed by atoms with Crippen molar-refractivity contribution >= 4 is 11.8 Å². The van der Waals surface area contributed by atoms with Gasteiger partial charge in [0.1, 0.15) is 0 Å². The van der Waals surface area contributed by atoms with E-state index in [1.165, 1.54) is 0 Å². The van der Waals surface area contributed by atoms with E-state index in [2.05, 4.69) is 5.32 Å². The van der Waals surface area contributed by atoms with Crippen molar-refractivity contribution in [3.8, 4) is 0 Å². The normalized spacial score (nSPS) is 30.0. The summed E-state index contributed by atoms with van der Waals surface area (Å²) in [5.74, 6) is 0.545. The lowest BCUT2D eigenvalue weighted by Crippen LogP contribution is -2.46. The van der Waals surface area contributed by atoms with Crippen LogP contribution in [0.15, 0.2) is 0 Å². The number of carbonyl (C=O) groups excluding carboxylic acids is 2. The number of likely N-dealkylation sites (tertiary alicyclic amines) is 1. The number of nitrogens with one attached hydrogen (secondary N) is 1. The lowest BCUT2D eigenvalue weighted by atomic mass is 9.87. The van der Waals surface area contributed by atoms with Gasteiger partial charge in [-0.25, -0.2) is 0 Å². The minimum absolute atomic E-state index is 0.0669. The van der Waals surface area contributed by atoms with Crippen LogP contribution < -0.4 is 5.32 Å². The van der Waals surface area contributed by atoms with E-state index in [0.29, 0.717) is 25.4 Å². The molecule has 3 atom stereocenters. The summed E-state index contributed by atoms with van der Waals surface area (Å²) >= 11 is 0. The van der Waals surface area contributed by atoms with E-state index in [0.717, 1.165) is 45.1 Å². The third-order valence-corrected chi connectivity index (χ3v) is 4.77. The van der Waals surface area contributed by atoms with Gasteiger partial charge in [-0.05, 0) is 38.0 Å². The van der Waals surface area contributed by atoms with Crippen molar-refractivity contribution in [1.82, 2.24) is 10.2 Å². The van der Waals surface area contributed by atoms with E-state index in [4.69, 9.17) is 0 Å². The molecule has 0 bridgehead atoms. The summed E-state index contributed by atoms with van der Waals surface area (Å²) in [6, 6.07) is 0. The summed E-state index contributed by atoms with van der Waals surface area (Å²) in [5.41, 5.74) is 0. The standard InChI is InChI=1S/C16H28N2O3/c1-2-15(20)18-8-4-6-13(11-18)16(21)17-10-12-5-3-7-14(19)9-12/h12-14,19H,2-11H2,1H3,(H,17,21). The van der Waals surface area contributed by atoms with Crippen molar-refractivity contribution in [3.63, 3.8) is 0 Å². The number of piperidine rings is 1. The maximum absolute atomic E-state index is 12.3. The average Bonchev–Trinajstić information content (AvgIpc) is 2.52. The molecule has 120 valence electrons. The highest BCUT2D eigenvalue weighted by molar-refractivity contribution is 5.81. The van der Waals surface area contributed by atoms with Crippen molar-refractivity contribution in [1.29, 1.82) is 0 Å². The van der Waals surface area contributed by atoms with E-state index in [1.807, 2.05) is 11.8 Å². The van der Waals surface area contributed by atoms with Gasteiger partial charge >= 0.3 is 0 Å². The highest BCUT2D eigenvalue weighted by Crippen LogP contribution is 2.24. The molecule has 1 aliphatic heterocycles. The third kappa shape index (κ3) is 4.70. The van der Waals surface area contributed by atoms with Gasteiger partial charge in [-0.3, -0.25) is 9.59 Å². The molecule has 5 heteroatoms. The van der Waals surface area contributed by atoms with Crippen LogP contribution in [0.4, 0.5) is 0 Å². The maximum atomic E-state index is 12.3. The van der Waals surface area contributed by atoms with Gasteiger partial charge in [0.05, 0.1) is 12.0 Å². The van der Waals surface area contributed by atoms with Gasteiger partial charge in [0.15, 0.2) is 0 Å². The molecular weight excluding hydrogens is 268 g/mol. The molecule has 1 saturated carbocycles. The average molecular weight is 296 g/mol. The van der Waals surface area contributed by atoms with E-state index in [-0.39, 0.29) is 23.8 Å². The Hall–Kier alpha value is -1.10. The number of nitrogens with zero attached hydrogens (tertiary/aromatic N) is 1. The maximum Gasteiger partial charge on any atom is 0.224 e. The third-order valence-electron chi connectivity index (χ3n) is 4.77. The van der Waals surface area contributed by atoms with Crippen LogP contribution in [-0.4, -0.2) is 47.6 Å². The Morgan fingerprint density at radius 1 is 1.24 bits per heavy atom. The number of carbonyl (C=O) groups is 2. The predicted octanol–water partition coefficient (Wildman–Crippen LogP) is 1.30. The fourth-order valence-corrected chi connectivity index (χ4v) is 3.48. The molecular formula is C16H28N2O3. The second-order valence-electron chi connectivity index (χ2n) is 6.46. The highest BCUT2D eigenvalue weighted by Gasteiger charge is 2.28. The smallest absolute Gasteiger partial charge is 0.224 e. The molecule has 0 spiro atoms. The van der Waals surface area contributed by atoms with Crippen LogP contribution in [0.25, 0.3) is 0 Å². The van der Waals surface area contributed by atoms with Gasteiger partial charge in [0, 0.05) is 26.1 Å². The summed E-state index contributed by atoms with van der Waals surface area (Å²) in [5, 5.41) is 12.7. The van der Waals surface area contributed by atoms with Crippen molar-refractivity contribution in [3.05, 3.63) is 0 Å². The fraction of sp³-hybridized carbons (Fsp3) is 0.875. The number of aliphatic hydroxyl groups is 1. The van der Waals surface area contributed by atoms with Crippen LogP contribution >= 0.6 is 0 Å². The van der Waals surface area contributed by atoms with Crippen LogP contribution in [0.1, 0.15) is 51.9 Å². The van der Waals surface area contributed by atoms with Crippen LogP contribution in [0.3, 0.4) is 0 Å². The Bertz CT molecular complexity index is 373. The van der Waals surface area contributed by atoms with Crippen LogP contribution in [-0.2, 0) is 9.59 Å². The second-order valence-corrected chi connectivity index (χ2v) is 6.46. The first kappa shape index (κ1) is 16.3. The van der Waals surface area contributed by atoms with E-state index in [9.17, 15) is 14.7 Å². The van der Waals surface area contributed by atoms with Crippen LogP contribution in [0.5, 0.6) is 0 Å². The van der Waals surface area contributed by atoms with Crippen molar-refractivity contribution < 1.29 is 14.7 Å². The monoisotopic (exact) mass is 296 g/mol. The first-order valence-corrected chi connectivity index (χ1v) is 8.33. The molecule has 1 heterocycles. The number of hydrogen-bond acceptors (Lipinski definition) is 3. The van der Waals surface area contributed by atoms with E-state index < -0.39 is 0 Å². The molecule has 2 rings (SSSR count). The summed E-state index contributed by atoms with van der Waals surface area (Å²) < 4.78 is 0. The first-order chi connectivity index (χ1) is 10.1. The summed E-state index contributed by atoms with van der Waals surface area (Å²) in [7, 11) is 0. The van der Waals surface area contributed by atoms with Gasteiger partial charge in [-0.15, -0.1) is 0 Å². The molecule has 0 aromatic rings. The number of aliphatic hydroxyl groups excluding tert-OH is 1. The zero-order valence-corrected chi connectivity index (χ0v) is 13.0. The summed E-state index contributed by atoms with van der Waals surface area (Å²) in [6.07, 6.45) is 5.90. The fourth-order valence-electron chi connectivity index (χ4n) is 3.48. The summed E-state index contributed by atoms with van der Waals surface area (Å²) in [4.78, 5) is 25.8. The molecule has 2 fully saturated rings. The Morgan fingerprint density at radius 2 is 2.05 bits per heavy atom. The van der Waals surface area contributed by atoms with Crippen molar-refractivity contribution in [2.75, 3.05) is 19.6 Å². The number of rotatable bonds is 4. The van der Waals surface area contributed by atoms with E-state index >= 15 is 0 Å². The Kier molecular flexibility index (Phi) is 6.03. The predicted molar refractivity (Wildman–Crippen MR) is 80.6 cm³/mol. The molecule has 3 unspecified atom stereocenters. The van der Waals surface area contributed by atoms with Gasteiger partial charge in [-0.2, -0.15) is 0 Å². The number of amides is 2. The quantitative estimate of drug-likeness (QED) is 0.821. The molecule has 2 N–H and O–H groups in total. The van der Waals surface area contributed by atoms with E-state index in [1.54, 1.807) is 0 Å². The molecule has 1 saturated heterocycles. The number of hydrogen-bond donors (Lipinski definition) is 2. The molecule has 1 aliphatic carbocycles. The molecule has 0 aromatic carbocycles. The minimum atomic E-state index is -0.201. The first-order valence-electron chi connectivity index (χ1n) is 8.33. The molecule has 21 heavy (non-hydrogen) atoms. The van der Waals surface area contributed by atoms with Gasteiger partial charge in [0.25, 0.3) is 0 Å². The lowest BCUT2D eigenvalue weighted by molar-refractivity contribution is -0.135. The van der Waals surface area contributed by atoms with Gasteiger partial charge in [0.2, 0.25) is 11.8 Å². The second kappa shape index (κ2) is 7.78. The Morgan fingerprint density at radius 3 is 2.76 bits per heavy atom. The topological polar surface area (TPSA) is 69.6 Å². The van der Waals surface area contributed by atoms with Crippen LogP contribution in [0, 0.1) is 11.8 Å². The lowest BCUT2D eigenvalue weighted by Gasteiger charge is -2.32. The Balaban J connectivity index is 1.76. The molecule has 2 amide bonds.